The van der Waals surface area contributed by atoms with E-state index >= 15 is 0 Å². The summed E-state index contributed by atoms with van der Waals surface area (Å²) in [6, 6.07) is 15.7. The maximum atomic E-state index is 3.51. The van der Waals surface area contributed by atoms with Gasteiger partial charge in [-0.15, -0.1) is 0 Å². The highest BCUT2D eigenvalue weighted by molar-refractivity contribution is 9.10. The maximum Gasteiger partial charge on any atom is 0.0181 e. The van der Waals surface area contributed by atoms with Gasteiger partial charge in [0.1, 0.15) is 0 Å². The number of halogens is 1. The second-order valence-corrected chi connectivity index (χ2v) is 4.58. The van der Waals surface area contributed by atoms with E-state index in [1.165, 1.54) is 22.3 Å². The normalized spacial score (nSPS) is 10.3. The van der Waals surface area contributed by atoms with Gasteiger partial charge in [0, 0.05) is 4.47 Å². The average molecular weight is 260 g/mol. The molecule has 75 valence electrons. The summed E-state index contributed by atoms with van der Waals surface area (Å²) in [5.74, 6) is 0. The topological polar surface area (TPSA) is 0 Å². The second kappa shape index (κ2) is 4.19. The van der Waals surface area contributed by atoms with Gasteiger partial charge in [-0.3, -0.25) is 0 Å². The van der Waals surface area contributed by atoms with E-state index in [4.69, 9.17) is 0 Å². The first-order valence-electron chi connectivity index (χ1n) is 4.92. The van der Waals surface area contributed by atoms with Crippen LogP contribution >= 0.6 is 15.9 Å². The number of hydrogen-bond donors (Lipinski definition) is 0. The minimum atomic E-state index is 1.12. The lowest BCUT2D eigenvalue weighted by Gasteiger charge is -2.09. The molecule has 0 aliphatic rings. The number of rotatable bonds is 1. The standard InChI is InChI=1S/C14H12Br/c1-10-5-3-4-6-13(10)14-9-12(15)8-7-11(14)2/h3-4,6-9H,1-2H3. The van der Waals surface area contributed by atoms with Crippen LogP contribution in [0.3, 0.4) is 0 Å². The first-order chi connectivity index (χ1) is 7.18. The summed E-state index contributed by atoms with van der Waals surface area (Å²) in [7, 11) is 0. The van der Waals surface area contributed by atoms with E-state index in [0.29, 0.717) is 0 Å². The fourth-order valence-corrected chi connectivity index (χ4v) is 2.06. The molecule has 1 heteroatoms. The lowest BCUT2D eigenvalue weighted by Crippen LogP contribution is -1.86. The molecule has 0 aliphatic heterocycles. The van der Waals surface area contributed by atoms with Crippen molar-refractivity contribution in [1.29, 1.82) is 0 Å². The summed E-state index contributed by atoms with van der Waals surface area (Å²) >= 11 is 3.51. The molecule has 0 amide bonds. The van der Waals surface area contributed by atoms with Gasteiger partial charge in [-0.2, -0.15) is 0 Å². The van der Waals surface area contributed by atoms with E-state index in [0.717, 1.165) is 4.47 Å². The van der Waals surface area contributed by atoms with Gasteiger partial charge in [-0.1, -0.05) is 40.2 Å². The molecule has 0 spiro atoms. The molecule has 2 rings (SSSR count). The third kappa shape index (κ3) is 2.13. The summed E-state index contributed by atoms with van der Waals surface area (Å²) in [6.45, 7) is 4.23. The van der Waals surface area contributed by atoms with E-state index in [1.807, 2.05) is 12.1 Å². The molecule has 1 radical (unpaired) electrons. The molecular weight excluding hydrogens is 248 g/mol. The van der Waals surface area contributed by atoms with Crippen molar-refractivity contribution in [3.05, 3.63) is 58.1 Å². The predicted molar refractivity (Wildman–Crippen MR) is 67.9 cm³/mol. The summed E-state index contributed by atoms with van der Waals surface area (Å²) < 4.78 is 1.12. The smallest absolute Gasteiger partial charge is 0.0181 e. The van der Waals surface area contributed by atoms with E-state index in [-0.39, 0.29) is 0 Å². The Bertz CT molecular complexity index is 486. The minimum absolute atomic E-state index is 1.12. The SMILES string of the molecule is Cc1[c]cccc1-c1cc(Br)ccc1C. The van der Waals surface area contributed by atoms with Crippen LogP contribution in [0.15, 0.2) is 40.9 Å². The highest BCUT2D eigenvalue weighted by Crippen LogP contribution is 2.28. The van der Waals surface area contributed by atoms with Gasteiger partial charge in [0.15, 0.2) is 0 Å². The molecule has 0 atom stereocenters. The van der Waals surface area contributed by atoms with Crippen molar-refractivity contribution in [2.24, 2.45) is 0 Å². The van der Waals surface area contributed by atoms with Crippen molar-refractivity contribution in [3.63, 3.8) is 0 Å². The van der Waals surface area contributed by atoms with E-state index < -0.39 is 0 Å². The average Bonchev–Trinajstić information content (AvgIpc) is 2.23. The molecule has 0 N–H and O–H groups in total. The van der Waals surface area contributed by atoms with Crippen LogP contribution in [0.2, 0.25) is 0 Å². The Morgan fingerprint density at radius 3 is 2.60 bits per heavy atom. The van der Waals surface area contributed by atoms with Crippen molar-refractivity contribution < 1.29 is 0 Å². The molecule has 0 bridgehead atoms. The van der Waals surface area contributed by atoms with Crippen LogP contribution in [0.25, 0.3) is 11.1 Å². The van der Waals surface area contributed by atoms with Crippen LogP contribution in [0, 0.1) is 19.9 Å². The number of aryl methyl sites for hydroxylation is 2. The monoisotopic (exact) mass is 259 g/mol. The molecule has 0 saturated heterocycles. The van der Waals surface area contributed by atoms with Gasteiger partial charge in [0.2, 0.25) is 0 Å². The Hall–Kier alpha value is -1.08. The van der Waals surface area contributed by atoms with Gasteiger partial charge in [-0.25, -0.2) is 0 Å². The molecular formula is C14H12Br. The third-order valence-electron chi connectivity index (χ3n) is 2.55. The highest BCUT2D eigenvalue weighted by atomic mass is 79.9. The molecule has 0 aromatic heterocycles. The molecule has 0 fully saturated rings. The number of benzene rings is 2. The third-order valence-corrected chi connectivity index (χ3v) is 3.05. The molecule has 0 heterocycles. The second-order valence-electron chi connectivity index (χ2n) is 3.67. The molecule has 2 aromatic carbocycles. The molecule has 2 aromatic rings. The zero-order valence-electron chi connectivity index (χ0n) is 8.84. The minimum Gasteiger partial charge on any atom is -0.0610 e. The molecule has 0 nitrogen and oxygen atoms in total. The lowest BCUT2D eigenvalue weighted by molar-refractivity contribution is 1.39. The van der Waals surface area contributed by atoms with E-state index in [2.05, 4.69) is 60.1 Å². The Morgan fingerprint density at radius 1 is 1.07 bits per heavy atom. The quantitative estimate of drug-likeness (QED) is 0.706. The molecule has 0 unspecified atom stereocenters. The Balaban J connectivity index is 2.64. The summed E-state index contributed by atoms with van der Waals surface area (Å²) in [4.78, 5) is 0. The number of hydrogen-bond acceptors (Lipinski definition) is 0. The molecule has 15 heavy (non-hydrogen) atoms. The lowest BCUT2D eigenvalue weighted by atomic mass is 9.97. The predicted octanol–water partition coefficient (Wildman–Crippen LogP) is 4.53. The largest absolute Gasteiger partial charge is 0.0610 e. The fraction of sp³-hybridized carbons (Fsp3) is 0.143. The van der Waals surface area contributed by atoms with Crippen molar-refractivity contribution in [2.45, 2.75) is 13.8 Å². The van der Waals surface area contributed by atoms with Crippen LogP contribution < -0.4 is 0 Å². The van der Waals surface area contributed by atoms with Gasteiger partial charge in [-0.05, 0) is 54.3 Å². The van der Waals surface area contributed by atoms with Crippen molar-refractivity contribution in [3.8, 4) is 11.1 Å². The van der Waals surface area contributed by atoms with Crippen LogP contribution in [-0.2, 0) is 0 Å². The van der Waals surface area contributed by atoms with E-state index in [1.54, 1.807) is 0 Å². The van der Waals surface area contributed by atoms with Crippen LogP contribution in [0.4, 0.5) is 0 Å². The molecule has 0 aliphatic carbocycles. The molecule has 0 saturated carbocycles. The summed E-state index contributed by atoms with van der Waals surface area (Å²) in [5.41, 5.74) is 5.02. The maximum absolute atomic E-state index is 3.51. The van der Waals surface area contributed by atoms with Crippen LogP contribution in [0.5, 0.6) is 0 Å². The highest BCUT2D eigenvalue weighted by Gasteiger charge is 2.04. The Labute approximate surface area is 99.1 Å². The van der Waals surface area contributed by atoms with Gasteiger partial charge in [0.05, 0.1) is 0 Å². The van der Waals surface area contributed by atoms with E-state index in [9.17, 15) is 0 Å². The Morgan fingerprint density at radius 2 is 1.87 bits per heavy atom. The van der Waals surface area contributed by atoms with Crippen LogP contribution in [0.1, 0.15) is 11.1 Å². The zero-order chi connectivity index (χ0) is 10.8. The zero-order valence-corrected chi connectivity index (χ0v) is 10.4. The fourth-order valence-electron chi connectivity index (χ4n) is 1.70. The van der Waals surface area contributed by atoms with Gasteiger partial charge >= 0.3 is 0 Å². The first kappa shape index (κ1) is 10.4. The van der Waals surface area contributed by atoms with Crippen molar-refractivity contribution in [1.82, 2.24) is 0 Å². The first-order valence-corrected chi connectivity index (χ1v) is 5.71. The van der Waals surface area contributed by atoms with Gasteiger partial charge in [0.25, 0.3) is 0 Å². The van der Waals surface area contributed by atoms with Gasteiger partial charge < -0.3 is 0 Å². The van der Waals surface area contributed by atoms with Crippen molar-refractivity contribution in [2.75, 3.05) is 0 Å². The summed E-state index contributed by atoms with van der Waals surface area (Å²) in [6.07, 6.45) is 0. The van der Waals surface area contributed by atoms with Crippen molar-refractivity contribution >= 4 is 15.9 Å². The summed E-state index contributed by atoms with van der Waals surface area (Å²) in [5, 5.41) is 0. The Kier molecular flexibility index (Phi) is 2.92. The van der Waals surface area contributed by atoms with Crippen LogP contribution in [-0.4, -0.2) is 0 Å².